The van der Waals surface area contributed by atoms with Crippen molar-refractivity contribution in [2.75, 3.05) is 11.9 Å². The smallest absolute Gasteiger partial charge is 0.392 e. The zero-order valence-electron chi connectivity index (χ0n) is 11.7. The van der Waals surface area contributed by atoms with Crippen molar-refractivity contribution in [3.63, 3.8) is 0 Å². The fourth-order valence-corrected chi connectivity index (χ4v) is 2.29. The number of hydrogen-bond acceptors (Lipinski definition) is 4. The molecule has 0 fully saturated rings. The Labute approximate surface area is 121 Å². The highest BCUT2D eigenvalue weighted by Crippen LogP contribution is 2.34. The maximum atomic E-state index is 12.9. The third kappa shape index (κ3) is 5.20. The molecular weight excluding hydrogens is 289 g/mol. The molecule has 0 aromatic carbocycles. The maximum absolute atomic E-state index is 12.9. The molecule has 1 rings (SSSR count). The second-order valence-corrected chi connectivity index (χ2v) is 5.96. The molecule has 0 saturated carbocycles. The molecular formula is C13H19F3N2OS. The topological polar surface area (TPSA) is 45.1 Å². The zero-order chi connectivity index (χ0) is 15.3. The number of halogens is 3. The third-order valence-electron chi connectivity index (χ3n) is 2.67. The van der Waals surface area contributed by atoms with Gasteiger partial charge < -0.3 is 10.4 Å². The number of rotatable bonds is 6. The van der Waals surface area contributed by atoms with Gasteiger partial charge in [0.1, 0.15) is 5.82 Å². The zero-order valence-corrected chi connectivity index (χ0v) is 12.5. The van der Waals surface area contributed by atoms with Gasteiger partial charge in [-0.1, -0.05) is 13.8 Å². The predicted molar refractivity (Wildman–Crippen MR) is 75.0 cm³/mol. The number of nitrogens with one attached hydrogen (secondary N) is 1. The van der Waals surface area contributed by atoms with Gasteiger partial charge in [-0.25, -0.2) is 4.98 Å². The molecule has 1 heterocycles. The quantitative estimate of drug-likeness (QED) is 0.785. The molecule has 0 saturated heterocycles. The van der Waals surface area contributed by atoms with E-state index in [0.717, 1.165) is 30.3 Å². The molecule has 0 aliphatic carbocycles. The van der Waals surface area contributed by atoms with E-state index in [9.17, 15) is 18.3 Å². The summed E-state index contributed by atoms with van der Waals surface area (Å²) in [5.41, 5.74) is -0.730. The molecule has 2 unspecified atom stereocenters. The Hall–Kier alpha value is -0.950. The number of alkyl halides is 3. The van der Waals surface area contributed by atoms with Crippen molar-refractivity contribution in [1.29, 1.82) is 0 Å². The first kappa shape index (κ1) is 17.1. The number of aliphatic hydroxyl groups excluding tert-OH is 1. The second kappa shape index (κ2) is 7.17. The number of aliphatic hydroxyl groups is 1. The van der Waals surface area contributed by atoms with Crippen molar-refractivity contribution in [3.8, 4) is 0 Å². The van der Waals surface area contributed by atoms with Crippen molar-refractivity contribution >= 4 is 17.6 Å². The Kier molecular flexibility index (Phi) is 6.13. The standard InChI is InChI=1S/C13H19F3N2OS/c1-4-5-17-11-6-10(13(14,15)16)7-12(18-11)20-9(3)8(2)19/h6-9,19H,4-5H2,1-3H3,(H,17,18). The van der Waals surface area contributed by atoms with Crippen molar-refractivity contribution < 1.29 is 18.3 Å². The van der Waals surface area contributed by atoms with Gasteiger partial charge in [-0.05, 0) is 25.5 Å². The molecule has 1 aromatic rings. The predicted octanol–water partition coefficient (Wildman–Crippen LogP) is 3.78. The minimum Gasteiger partial charge on any atom is -0.392 e. The first-order valence-electron chi connectivity index (χ1n) is 6.42. The van der Waals surface area contributed by atoms with Gasteiger partial charge in [0.25, 0.3) is 0 Å². The summed E-state index contributed by atoms with van der Waals surface area (Å²) < 4.78 is 38.6. The van der Waals surface area contributed by atoms with Crippen molar-refractivity contribution in [2.45, 2.75) is 49.7 Å². The van der Waals surface area contributed by atoms with Crippen LogP contribution in [0.4, 0.5) is 19.0 Å². The van der Waals surface area contributed by atoms with Crippen LogP contribution in [-0.2, 0) is 6.18 Å². The molecule has 114 valence electrons. The highest BCUT2D eigenvalue weighted by atomic mass is 32.2. The highest BCUT2D eigenvalue weighted by molar-refractivity contribution is 7.99. The molecule has 3 nitrogen and oxygen atoms in total. The van der Waals surface area contributed by atoms with Crippen molar-refractivity contribution in [2.24, 2.45) is 0 Å². The van der Waals surface area contributed by atoms with E-state index < -0.39 is 17.8 Å². The Morgan fingerprint density at radius 3 is 2.50 bits per heavy atom. The molecule has 1 aromatic heterocycles. The van der Waals surface area contributed by atoms with E-state index in [1.165, 1.54) is 0 Å². The van der Waals surface area contributed by atoms with Gasteiger partial charge in [0.05, 0.1) is 16.7 Å². The van der Waals surface area contributed by atoms with Crippen LogP contribution in [0.1, 0.15) is 32.8 Å². The molecule has 20 heavy (non-hydrogen) atoms. The van der Waals surface area contributed by atoms with Crippen LogP contribution in [0.15, 0.2) is 17.2 Å². The number of anilines is 1. The maximum Gasteiger partial charge on any atom is 0.416 e. The Morgan fingerprint density at radius 1 is 1.35 bits per heavy atom. The van der Waals surface area contributed by atoms with Crippen LogP contribution in [0.2, 0.25) is 0 Å². The number of thioether (sulfide) groups is 1. The van der Waals surface area contributed by atoms with Crippen LogP contribution in [-0.4, -0.2) is 28.0 Å². The lowest BCUT2D eigenvalue weighted by Gasteiger charge is -2.16. The van der Waals surface area contributed by atoms with E-state index in [4.69, 9.17) is 0 Å². The molecule has 0 aliphatic heterocycles. The summed E-state index contributed by atoms with van der Waals surface area (Å²) in [6.07, 6.45) is -4.23. The Balaban J connectivity index is 3.03. The summed E-state index contributed by atoms with van der Waals surface area (Å²) in [7, 11) is 0. The fraction of sp³-hybridized carbons (Fsp3) is 0.615. The van der Waals surface area contributed by atoms with E-state index in [2.05, 4.69) is 10.3 Å². The largest absolute Gasteiger partial charge is 0.416 e. The molecule has 7 heteroatoms. The van der Waals surface area contributed by atoms with Crippen LogP contribution in [0.3, 0.4) is 0 Å². The fourth-order valence-electron chi connectivity index (χ4n) is 1.36. The SMILES string of the molecule is CCCNc1cc(C(F)(F)F)cc(SC(C)C(C)O)n1. The van der Waals surface area contributed by atoms with Gasteiger partial charge in [-0.15, -0.1) is 11.8 Å². The third-order valence-corrected chi connectivity index (χ3v) is 3.89. The minimum atomic E-state index is -4.41. The van der Waals surface area contributed by atoms with Crippen molar-refractivity contribution in [1.82, 2.24) is 4.98 Å². The molecule has 0 spiro atoms. The van der Waals surface area contributed by atoms with Crippen LogP contribution in [0, 0.1) is 0 Å². The Morgan fingerprint density at radius 2 is 2.00 bits per heavy atom. The molecule has 2 N–H and O–H groups in total. The van der Waals surface area contributed by atoms with Crippen LogP contribution in [0.25, 0.3) is 0 Å². The van der Waals surface area contributed by atoms with Gasteiger partial charge >= 0.3 is 6.18 Å². The van der Waals surface area contributed by atoms with Gasteiger partial charge in [-0.2, -0.15) is 13.2 Å². The van der Waals surface area contributed by atoms with E-state index >= 15 is 0 Å². The van der Waals surface area contributed by atoms with Gasteiger partial charge in [0, 0.05) is 11.8 Å². The summed E-state index contributed by atoms with van der Waals surface area (Å²) in [5.74, 6) is 0.210. The normalized spacial score (nSPS) is 14.9. The number of pyridine rings is 1. The number of nitrogens with zero attached hydrogens (tertiary/aromatic N) is 1. The van der Waals surface area contributed by atoms with Crippen LogP contribution in [0.5, 0.6) is 0 Å². The Bertz CT molecular complexity index is 438. The average molecular weight is 308 g/mol. The molecule has 0 bridgehead atoms. The van der Waals surface area contributed by atoms with Crippen molar-refractivity contribution in [3.05, 3.63) is 17.7 Å². The van der Waals surface area contributed by atoms with E-state index in [-0.39, 0.29) is 16.1 Å². The van der Waals surface area contributed by atoms with Gasteiger partial charge in [0.15, 0.2) is 0 Å². The van der Waals surface area contributed by atoms with E-state index in [0.29, 0.717) is 6.54 Å². The van der Waals surface area contributed by atoms with Gasteiger partial charge in [0.2, 0.25) is 0 Å². The molecule has 0 aliphatic rings. The first-order chi connectivity index (χ1) is 9.24. The first-order valence-corrected chi connectivity index (χ1v) is 7.30. The molecule has 2 atom stereocenters. The number of hydrogen-bond donors (Lipinski definition) is 2. The lowest BCUT2D eigenvalue weighted by atomic mass is 10.2. The van der Waals surface area contributed by atoms with Crippen LogP contribution >= 0.6 is 11.8 Å². The number of aromatic nitrogens is 1. The summed E-state index contributed by atoms with van der Waals surface area (Å²) in [6.45, 7) is 5.83. The summed E-state index contributed by atoms with van der Waals surface area (Å²) >= 11 is 1.13. The summed E-state index contributed by atoms with van der Waals surface area (Å²) in [5, 5.41) is 12.3. The molecule has 0 amide bonds. The van der Waals surface area contributed by atoms with E-state index in [1.54, 1.807) is 13.8 Å². The summed E-state index contributed by atoms with van der Waals surface area (Å²) in [4.78, 5) is 4.15. The average Bonchev–Trinajstić information content (AvgIpc) is 2.34. The van der Waals surface area contributed by atoms with E-state index in [1.807, 2.05) is 6.92 Å². The minimum absolute atomic E-state index is 0.210. The molecule has 0 radical (unpaired) electrons. The van der Waals surface area contributed by atoms with Gasteiger partial charge in [-0.3, -0.25) is 0 Å². The lowest BCUT2D eigenvalue weighted by molar-refractivity contribution is -0.137. The second-order valence-electron chi connectivity index (χ2n) is 4.57. The van der Waals surface area contributed by atoms with Crippen LogP contribution < -0.4 is 5.32 Å². The highest BCUT2D eigenvalue weighted by Gasteiger charge is 2.32. The monoisotopic (exact) mass is 308 g/mol. The lowest BCUT2D eigenvalue weighted by Crippen LogP contribution is -2.16. The summed E-state index contributed by atoms with van der Waals surface area (Å²) in [6, 6.07) is 2.02.